The van der Waals surface area contributed by atoms with E-state index in [9.17, 15) is 4.79 Å². The van der Waals surface area contributed by atoms with E-state index < -0.39 is 8.07 Å². The first-order valence-corrected chi connectivity index (χ1v) is 9.23. The van der Waals surface area contributed by atoms with Crippen LogP contribution in [0.4, 0.5) is 0 Å². The number of benzene rings is 1. The summed E-state index contributed by atoms with van der Waals surface area (Å²) in [6, 6.07) is 7.36. The van der Waals surface area contributed by atoms with Gasteiger partial charge in [-0.05, 0) is 17.7 Å². The molecule has 4 heteroatoms. The predicted molar refractivity (Wildman–Crippen MR) is 74.8 cm³/mol. The first-order chi connectivity index (χ1) is 7.93. The molecule has 1 aromatic rings. The van der Waals surface area contributed by atoms with Crippen LogP contribution in [-0.4, -0.2) is 25.7 Å². The fraction of sp³-hybridized carbons (Fsp3) is 0.385. The van der Waals surface area contributed by atoms with Crippen molar-refractivity contribution in [2.45, 2.75) is 25.6 Å². The van der Waals surface area contributed by atoms with Crippen LogP contribution < -0.4 is 0 Å². The lowest BCUT2D eigenvalue weighted by Crippen LogP contribution is -2.50. The predicted octanol–water partition coefficient (Wildman–Crippen LogP) is 3.35. The fourth-order valence-corrected chi connectivity index (χ4v) is 3.84. The third-order valence-electron chi connectivity index (χ3n) is 3.67. The average molecular weight is 266 g/mol. The number of carbonyl (C=O) groups excluding carboxylic acids is 1. The van der Waals surface area contributed by atoms with Gasteiger partial charge in [-0.3, -0.25) is 9.79 Å². The molecule has 0 bridgehead atoms. The van der Waals surface area contributed by atoms with Crippen molar-refractivity contribution in [2.75, 3.05) is 6.54 Å². The smallest absolute Gasteiger partial charge is 0.158 e. The Hall–Kier alpha value is -0.933. The molecule has 0 fully saturated rings. The molecule has 1 heterocycles. The zero-order valence-corrected chi connectivity index (χ0v) is 12.1. The van der Waals surface area contributed by atoms with Gasteiger partial charge in [0.2, 0.25) is 0 Å². The minimum absolute atomic E-state index is 0.263. The number of rotatable bonds is 1. The summed E-state index contributed by atoms with van der Waals surface area (Å²) in [5, 5.41) is 0.945. The summed E-state index contributed by atoms with van der Waals surface area (Å²) in [6.45, 7) is 7.16. The quantitative estimate of drug-likeness (QED) is 0.716. The highest BCUT2D eigenvalue weighted by Gasteiger charge is 2.42. The molecule has 2 rings (SSSR count). The van der Waals surface area contributed by atoms with Gasteiger partial charge in [0, 0.05) is 17.1 Å². The Morgan fingerprint density at radius 2 is 1.88 bits per heavy atom. The van der Waals surface area contributed by atoms with Crippen LogP contribution in [0.15, 0.2) is 29.3 Å². The standard InChI is InChI=1S/C13H16ClNOSi/c1-9-8-15-12(13(16)17(9,2)3)10-4-6-11(14)7-5-10/h4-7,9H,8H2,1-3H3. The van der Waals surface area contributed by atoms with Crippen molar-refractivity contribution >= 4 is 30.8 Å². The van der Waals surface area contributed by atoms with E-state index in [1.807, 2.05) is 12.1 Å². The summed E-state index contributed by atoms with van der Waals surface area (Å²) < 4.78 is 0. The Morgan fingerprint density at radius 3 is 2.47 bits per heavy atom. The maximum atomic E-state index is 12.4. The lowest BCUT2D eigenvalue weighted by molar-refractivity contribution is -0.107. The molecule has 0 saturated heterocycles. The number of nitrogens with zero attached hydrogens (tertiary/aromatic N) is 1. The SMILES string of the molecule is CC1CN=C(c2ccc(Cl)cc2)C(=O)[Si]1(C)C. The van der Waals surface area contributed by atoms with E-state index >= 15 is 0 Å². The average Bonchev–Trinajstić information content (AvgIpc) is 2.29. The molecule has 17 heavy (non-hydrogen) atoms. The molecule has 0 aromatic heterocycles. The van der Waals surface area contributed by atoms with Crippen LogP contribution in [0.25, 0.3) is 0 Å². The van der Waals surface area contributed by atoms with E-state index in [2.05, 4.69) is 25.0 Å². The molecular formula is C13H16ClNOSi. The van der Waals surface area contributed by atoms with Crippen molar-refractivity contribution in [2.24, 2.45) is 4.99 Å². The van der Waals surface area contributed by atoms with E-state index in [-0.39, 0.29) is 5.41 Å². The van der Waals surface area contributed by atoms with Gasteiger partial charge in [0.05, 0.1) is 0 Å². The van der Waals surface area contributed by atoms with E-state index in [4.69, 9.17) is 11.6 Å². The molecule has 1 aromatic carbocycles. The maximum Gasteiger partial charge on any atom is 0.158 e. The summed E-state index contributed by atoms with van der Waals surface area (Å²) in [5.41, 5.74) is 1.97. The zero-order valence-electron chi connectivity index (χ0n) is 10.3. The van der Waals surface area contributed by atoms with Gasteiger partial charge < -0.3 is 0 Å². The molecule has 90 valence electrons. The van der Waals surface area contributed by atoms with E-state index in [0.29, 0.717) is 16.3 Å². The Labute approximate surface area is 108 Å². The van der Waals surface area contributed by atoms with Gasteiger partial charge >= 0.3 is 0 Å². The van der Waals surface area contributed by atoms with E-state index in [1.54, 1.807) is 12.1 Å². The second-order valence-electron chi connectivity index (χ2n) is 5.15. The molecule has 0 saturated carbocycles. The summed E-state index contributed by atoms with van der Waals surface area (Å²) in [7, 11) is -1.86. The van der Waals surface area contributed by atoms with Crippen LogP contribution in [-0.2, 0) is 4.79 Å². The number of aliphatic imine (C=N–C) groups is 1. The molecule has 0 aliphatic carbocycles. The molecule has 1 aliphatic rings. The molecule has 1 atom stereocenters. The summed E-state index contributed by atoms with van der Waals surface area (Å²) in [5.74, 6) is 0. The third-order valence-corrected chi connectivity index (χ3v) is 7.98. The number of hydrogen-bond acceptors (Lipinski definition) is 2. The summed E-state index contributed by atoms with van der Waals surface area (Å²) in [6.07, 6.45) is 0. The maximum absolute atomic E-state index is 12.4. The number of hydrogen-bond donors (Lipinski definition) is 0. The molecule has 2 nitrogen and oxygen atoms in total. The number of carbonyl (C=O) groups is 1. The van der Waals surface area contributed by atoms with Gasteiger partial charge in [0.1, 0.15) is 13.8 Å². The van der Waals surface area contributed by atoms with Crippen molar-refractivity contribution in [1.29, 1.82) is 0 Å². The first-order valence-electron chi connectivity index (χ1n) is 5.78. The van der Waals surface area contributed by atoms with E-state index in [0.717, 1.165) is 12.1 Å². The van der Waals surface area contributed by atoms with Crippen LogP contribution >= 0.6 is 11.6 Å². The Kier molecular flexibility index (Phi) is 3.23. The van der Waals surface area contributed by atoms with Crippen LogP contribution in [0.3, 0.4) is 0 Å². The normalized spacial score (nSPS) is 23.4. The second kappa shape index (κ2) is 4.39. The molecule has 1 unspecified atom stereocenters. The fourth-order valence-electron chi connectivity index (χ4n) is 1.89. The van der Waals surface area contributed by atoms with Gasteiger partial charge in [-0.15, -0.1) is 0 Å². The largest absolute Gasteiger partial charge is 0.298 e. The summed E-state index contributed by atoms with van der Waals surface area (Å²) >= 11 is 5.85. The second-order valence-corrected chi connectivity index (χ2v) is 10.5. The lowest BCUT2D eigenvalue weighted by atomic mass is 10.1. The van der Waals surface area contributed by atoms with Crippen molar-refractivity contribution in [3.8, 4) is 0 Å². The number of halogens is 1. The van der Waals surface area contributed by atoms with Crippen LogP contribution in [0, 0.1) is 0 Å². The van der Waals surface area contributed by atoms with Crippen molar-refractivity contribution in [3.63, 3.8) is 0 Å². The molecule has 0 amide bonds. The highest BCUT2D eigenvalue weighted by molar-refractivity contribution is 7.14. The Bertz CT molecular complexity index is 479. The Balaban J connectivity index is 2.40. The zero-order chi connectivity index (χ0) is 12.6. The molecule has 1 aliphatic heterocycles. The highest BCUT2D eigenvalue weighted by atomic mass is 35.5. The van der Waals surface area contributed by atoms with Gasteiger partial charge in [0.25, 0.3) is 0 Å². The van der Waals surface area contributed by atoms with Crippen molar-refractivity contribution < 1.29 is 4.79 Å². The van der Waals surface area contributed by atoms with Gasteiger partial charge in [-0.1, -0.05) is 43.8 Å². The van der Waals surface area contributed by atoms with Crippen LogP contribution in [0.2, 0.25) is 23.7 Å². The monoisotopic (exact) mass is 265 g/mol. The topological polar surface area (TPSA) is 29.4 Å². The van der Waals surface area contributed by atoms with Gasteiger partial charge in [-0.2, -0.15) is 0 Å². The van der Waals surface area contributed by atoms with Crippen molar-refractivity contribution in [3.05, 3.63) is 34.9 Å². The highest BCUT2D eigenvalue weighted by Crippen LogP contribution is 2.28. The van der Waals surface area contributed by atoms with Gasteiger partial charge in [-0.25, -0.2) is 0 Å². The van der Waals surface area contributed by atoms with Crippen LogP contribution in [0.5, 0.6) is 0 Å². The minimum Gasteiger partial charge on any atom is -0.298 e. The Morgan fingerprint density at radius 1 is 1.29 bits per heavy atom. The minimum atomic E-state index is -1.86. The lowest BCUT2D eigenvalue weighted by Gasteiger charge is -2.31. The van der Waals surface area contributed by atoms with Crippen LogP contribution in [0.1, 0.15) is 12.5 Å². The summed E-state index contributed by atoms with van der Waals surface area (Å²) in [4.78, 5) is 16.9. The third kappa shape index (κ3) is 2.22. The molecule has 0 N–H and O–H groups in total. The molecular weight excluding hydrogens is 250 g/mol. The van der Waals surface area contributed by atoms with Gasteiger partial charge in [0.15, 0.2) is 5.41 Å². The first kappa shape index (κ1) is 12.5. The van der Waals surface area contributed by atoms with E-state index in [1.165, 1.54) is 0 Å². The molecule has 0 spiro atoms. The molecule has 0 radical (unpaired) electrons. The van der Waals surface area contributed by atoms with Crippen molar-refractivity contribution in [1.82, 2.24) is 0 Å².